The number of hydrogen-bond acceptors (Lipinski definition) is 3. The zero-order valence-corrected chi connectivity index (χ0v) is 8.65. The Morgan fingerprint density at radius 2 is 2.00 bits per heavy atom. The SMILES string of the molecule is CCC(N)(COC)C(=O)NCC(F)(F)F. The van der Waals surface area contributed by atoms with Gasteiger partial charge in [-0.25, -0.2) is 0 Å². The molecule has 7 heteroatoms. The van der Waals surface area contributed by atoms with Crippen LogP contribution < -0.4 is 11.1 Å². The summed E-state index contributed by atoms with van der Waals surface area (Å²) in [4.78, 5) is 11.3. The second kappa shape index (κ2) is 5.32. The Morgan fingerprint density at radius 1 is 1.47 bits per heavy atom. The third-order valence-corrected chi connectivity index (χ3v) is 1.93. The fourth-order valence-corrected chi connectivity index (χ4v) is 0.942. The molecule has 0 spiro atoms. The monoisotopic (exact) mass is 228 g/mol. The fourth-order valence-electron chi connectivity index (χ4n) is 0.942. The third kappa shape index (κ3) is 4.98. The predicted molar refractivity (Wildman–Crippen MR) is 48.2 cm³/mol. The molecule has 1 amide bonds. The van der Waals surface area contributed by atoms with E-state index >= 15 is 0 Å². The van der Waals surface area contributed by atoms with Crippen LogP contribution in [0.15, 0.2) is 0 Å². The van der Waals surface area contributed by atoms with Crippen LogP contribution in [0.1, 0.15) is 13.3 Å². The Bertz CT molecular complexity index is 220. The van der Waals surface area contributed by atoms with Gasteiger partial charge in [0.25, 0.3) is 0 Å². The maximum absolute atomic E-state index is 11.8. The van der Waals surface area contributed by atoms with Crippen LogP contribution in [-0.2, 0) is 9.53 Å². The highest BCUT2D eigenvalue weighted by Crippen LogP contribution is 2.13. The minimum absolute atomic E-state index is 0.118. The molecule has 0 aliphatic heterocycles. The van der Waals surface area contributed by atoms with Gasteiger partial charge in [-0.1, -0.05) is 6.92 Å². The zero-order chi connectivity index (χ0) is 12.1. The van der Waals surface area contributed by atoms with Crippen LogP contribution in [0, 0.1) is 0 Å². The van der Waals surface area contributed by atoms with Crippen LogP contribution in [0.25, 0.3) is 0 Å². The maximum Gasteiger partial charge on any atom is 0.405 e. The van der Waals surface area contributed by atoms with Crippen LogP contribution >= 0.6 is 0 Å². The minimum atomic E-state index is -4.43. The first kappa shape index (κ1) is 14.2. The Kier molecular flexibility index (Phi) is 5.02. The van der Waals surface area contributed by atoms with Crippen molar-refractivity contribution in [3.05, 3.63) is 0 Å². The van der Waals surface area contributed by atoms with Crippen molar-refractivity contribution in [2.24, 2.45) is 5.73 Å². The number of nitrogens with two attached hydrogens (primary N) is 1. The largest absolute Gasteiger partial charge is 0.405 e. The summed E-state index contributed by atoms with van der Waals surface area (Å²) < 4.78 is 40.1. The van der Waals surface area contributed by atoms with Crippen molar-refractivity contribution in [1.82, 2.24) is 5.32 Å². The summed E-state index contributed by atoms with van der Waals surface area (Å²) in [6.07, 6.45) is -4.23. The van der Waals surface area contributed by atoms with E-state index in [1.54, 1.807) is 12.2 Å². The van der Waals surface area contributed by atoms with Gasteiger partial charge in [-0.05, 0) is 6.42 Å². The molecule has 0 bridgehead atoms. The summed E-state index contributed by atoms with van der Waals surface area (Å²) in [6, 6.07) is 0. The predicted octanol–water partition coefficient (Wildman–Crippen LogP) is 0.419. The third-order valence-electron chi connectivity index (χ3n) is 1.93. The lowest BCUT2D eigenvalue weighted by Gasteiger charge is -2.26. The summed E-state index contributed by atoms with van der Waals surface area (Å²) in [6.45, 7) is 0.105. The number of halogens is 3. The van der Waals surface area contributed by atoms with Crippen molar-refractivity contribution >= 4 is 5.91 Å². The number of hydrogen-bond donors (Lipinski definition) is 2. The number of carbonyl (C=O) groups is 1. The lowest BCUT2D eigenvalue weighted by atomic mass is 9.97. The van der Waals surface area contributed by atoms with Gasteiger partial charge in [0.2, 0.25) is 5.91 Å². The zero-order valence-electron chi connectivity index (χ0n) is 8.65. The Morgan fingerprint density at radius 3 is 2.33 bits per heavy atom. The molecule has 1 unspecified atom stereocenters. The highest BCUT2D eigenvalue weighted by molar-refractivity contribution is 5.86. The smallest absolute Gasteiger partial charge is 0.382 e. The summed E-state index contributed by atoms with van der Waals surface area (Å²) in [5.74, 6) is -0.857. The van der Waals surface area contributed by atoms with E-state index in [9.17, 15) is 18.0 Å². The standard InChI is InChI=1S/C8H15F3N2O2/c1-3-7(12,5-15-2)6(14)13-4-8(9,10)11/h3-5,12H2,1-2H3,(H,13,14). The molecule has 0 aliphatic rings. The van der Waals surface area contributed by atoms with Crippen molar-refractivity contribution in [1.29, 1.82) is 0 Å². The van der Waals surface area contributed by atoms with E-state index in [0.717, 1.165) is 0 Å². The number of rotatable bonds is 5. The van der Waals surface area contributed by atoms with Crippen molar-refractivity contribution < 1.29 is 22.7 Å². The minimum Gasteiger partial charge on any atom is -0.382 e. The van der Waals surface area contributed by atoms with Gasteiger partial charge in [-0.3, -0.25) is 4.79 Å². The van der Waals surface area contributed by atoms with Crippen LogP contribution in [0.5, 0.6) is 0 Å². The van der Waals surface area contributed by atoms with E-state index in [1.165, 1.54) is 7.11 Å². The summed E-state index contributed by atoms with van der Waals surface area (Å²) in [5.41, 5.74) is 4.17. The van der Waals surface area contributed by atoms with Gasteiger partial charge in [0.1, 0.15) is 12.1 Å². The van der Waals surface area contributed by atoms with Crippen molar-refractivity contribution in [2.75, 3.05) is 20.3 Å². The molecule has 0 aromatic carbocycles. The van der Waals surface area contributed by atoms with E-state index in [2.05, 4.69) is 4.74 Å². The highest BCUT2D eigenvalue weighted by Gasteiger charge is 2.35. The van der Waals surface area contributed by atoms with Gasteiger partial charge in [0.05, 0.1) is 6.61 Å². The Labute approximate surface area is 86.0 Å². The average Bonchev–Trinajstić information content (AvgIpc) is 2.13. The molecule has 0 aromatic rings. The molecular weight excluding hydrogens is 213 g/mol. The first-order chi connectivity index (χ1) is 6.75. The molecule has 0 aromatic heterocycles. The molecule has 0 saturated heterocycles. The maximum atomic E-state index is 11.8. The van der Waals surface area contributed by atoms with Gasteiger partial charge in [0.15, 0.2) is 0 Å². The molecular formula is C8H15F3N2O2. The highest BCUT2D eigenvalue weighted by atomic mass is 19.4. The molecule has 0 saturated carbocycles. The van der Waals surface area contributed by atoms with E-state index in [4.69, 9.17) is 5.73 Å². The summed E-state index contributed by atoms with van der Waals surface area (Å²) >= 11 is 0. The number of carbonyl (C=O) groups excluding carboxylic acids is 1. The van der Waals surface area contributed by atoms with Crippen molar-refractivity contribution in [3.8, 4) is 0 Å². The first-order valence-electron chi connectivity index (χ1n) is 4.38. The average molecular weight is 228 g/mol. The molecule has 0 radical (unpaired) electrons. The normalized spacial score (nSPS) is 15.9. The summed E-state index contributed by atoms with van der Waals surface area (Å²) in [7, 11) is 1.33. The van der Waals surface area contributed by atoms with Gasteiger partial charge < -0.3 is 15.8 Å². The number of nitrogens with one attached hydrogen (secondary N) is 1. The van der Waals surface area contributed by atoms with E-state index < -0.39 is 24.2 Å². The van der Waals surface area contributed by atoms with Gasteiger partial charge in [0, 0.05) is 7.11 Å². The van der Waals surface area contributed by atoms with Gasteiger partial charge in [-0.15, -0.1) is 0 Å². The Hall–Kier alpha value is -0.820. The van der Waals surface area contributed by atoms with Crippen molar-refractivity contribution in [2.45, 2.75) is 25.1 Å². The summed E-state index contributed by atoms with van der Waals surface area (Å²) in [5, 5.41) is 1.73. The van der Waals surface area contributed by atoms with E-state index in [1.807, 2.05) is 0 Å². The number of amides is 1. The van der Waals surface area contributed by atoms with Gasteiger partial charge in [-0.2, -0.15) is 13.2 Å². The topological polar surface area (TPSA) is 64.3 Å². The molecule has 3 N–H and O–H groups in total. The molecule has 1 atom stereocenters. The second-order valence-corrected chi connectivity index (χ2v) is 3.24. The second-order valence-electron chi connectivity index (χ2n) is 3.24. The number of methoxy groups -OCH3 is 1. The van der Waals surface area contributed by atoms with E-state index in [0.29, 0.717) is 0 Å². The number of alkyl halides is 3. The lowest BCUT2D eigenvalue weighted by molar-refractivity contribution is -0.142. The first-order valence-corrected chi connectivity index (χ1v) is 4.38. The van der Waals surface area contributed by atoms with E-state index in [-0.39, 0.29) is 13.0 Å². The quantitative estimate of drug-likeness (QED) is 0.716. The molecule has 0 rings (SSSR count). The van der Waals surface area contributed by atoms with Crippen LogP contribution in [0.4, 0.5) is 13.2 Å². The molecule has 90 valence electrons. The van der Waals surface area contributed by atoms with Crippen molar-refractivity contribution in [3.63, 3.8) is 0 Å². The Balaban J connectivity index is 4.28. The van der Waals surface area contributed by atoms with Crippen LogP contribution in [0.2, 0.25) is 0 Å². The lowest BCUT2D eigenvalue weighted by Crippen LogP contribution is -2.57. The molecule has 15 heavy (non-hydrogen) atoms. The van der Waals surface area contributed by atoms with Crippen LogP contribution in [0.3, 0.4) is 0 Å². The number of ether oxygens (including phenoxy) is 1. The molecule has 0 heterocycles. The van der Waals surface area contributed by atoms with Crippen LogP contribution in [-0.4, -0.2) is 37.9 Å². The molecule has 0 fully saturated rings. The molecule has 4 nitrogen and oxygen atoms in total. The fraction of sp³-hybridized carbons (Fsp3) is 0.875. The molecule has 0 aliphatic carbocycles. The van der Waals surface area contributed by atoms with Gasteiger partial charge >= 0.3 is 6.18 Å².